The van der Waals surface area contributed by atoms with Crippen LogP contribution in [-0.4, -0.2) is 40.9 Å². The number of hydrogen-bond donors (Lipinski definition) is 3. The third-order valence-electron chi connectivity index (χ3n) is 7.37. The first-order chi connectivity index (χ1) is 22.6. The molecule has 0 aliphatic heterocycles. The van der Waals surface area contributed by atoms with Gasteiger partial charge in [0.15, 0.2) is 0 Å². The summed E-state index contributed by atoms with van der Waals surface area (Å²) in [7, 11) is 0. The molecular weight excluding hydrogens is 732 g/mol. The Morgan fingerprint density at radius 1 is 0.830 bits per heavy atom. The number of benzene rings is 4. The Labute approximate surface area is 297 Å². The van der Waals surface area contributed by atoms with Crippen LogP contribution in [0.25, 0.3) is 11.1 Å². The van der Waals surface area contributed by atoms with Crippen molar-refractivity contribution in [3.8, 4) is 40.7 Å². The average Bonchev–Trinajstić information content (AvgIpc) is 3.08. The monoisotopic (exact) mass is 763 g/mol. The molecule has 0 aromatic heterocycles. The van der Waals surface area contributed by atoms with Gasteiger partial charge in [0, 0.05) is 51.3 Å². The number of aliphatic hydroxyl groups excluding tert-OH is 2. The van der Waals surface area contributed by atoms with Crippen LogP contribution in [0.3, 0.4) is 0 Å². The van der Waals surface area contributed by atoms with E-state index in [2.05, 4.69) is 27.2 Å². The molecule has 4 aromatic rings. The van der Waals surface area contributed by atoms with Gasteiger partial charge in [-0.15, -0.1) is 6.42 Å². The zero-order valence-electron chi connectivity index (χ0n) is 25.6. The summed E-state index contributed by atoms with van der Waals surface area (Å²) in [4.78, 5) is 0. The molecule has 0 unspecified atom stereocenters. The molecule has 0 bridgehead atoms. The molecule has 3 N–H and O–H groups in total. The first kappa shape index (κ1) is 36.8. The fraction of sp³-hybridized carbons (Fsp3) is 0.278. The molecule has 47 heavy (non-hydrogen) atoms. The average molecular weight is 766 g/mol. The standard InChI is InChI=1S/C36H34BrCl3FNO5/c1-3-23-11-12-30(41)26(15-23)20-46-32-17-33(29(38)16-25(32)18-42-36(2,21-43)22-44)47-19-24-7-4-8-27(34(24)39)28-9-5-10-31(35(28)40)45-14-6-13-37/h1,4-5,7-12,15-17,42-44H,6,13-14,18-22H2,2H3. The Kier molecular flexibility index (Phi) is 13.6. The largest absolute Gasteiger partial charge is 0.492 e. The molecule has 0 aliphatic rings. The van der Waals surface area contributed by atoms with Crippen molar-refractivity contribution in [2.24, 2.45) is 0 Å². The molecule has 0 spiro atoms. The van der Waals surface area contributed by atoms with Gasteiger partial charge in [-0.25, -0.2) is 4.39 Å². The van der Waals surface area contributed by atoms with E-state index in [1.165, 1.54) is 12.1 Å². The number of halogens is 5. The van der Waals surface area contributed by atoms with Crippen LogP contribution in [0.2, 0.25) is 15.1 Å². The minimum absolute atomic E-state index is 0.0639. The van der Waals surface area contributed by atoms with Gasteiger partial charge in [0.25, 0.3) is 0 Å². The minimum Gasteiger partial charge on any atom is -0.492 e. The van der Waals surface area contributed by atoms with Crippen molar-refractivity contribution in [3.63, 3.8) is 0 Å². The molecule has 0 aliphatic carbocycles. The summed E-state index contributed by atoms with van der Waals surface area (Å²) >= 11 is 23.7. The lowest BCUT2D eigenvalue weighted by Gasteiger charge is -2.27. The Morgan fingerprint density at radius 2 is 1.51 bits per heavy atom. The molecule has 0 amide bonds. The third kappa shape index (κ3) is 9.55. The summed E-state index contributed by atoms with van der Waals surface area (Å²) in [6.45, 7) is 1.69. The predicted octanol–water partition coefficient (Wildman–Crippen LogP) is 8.59. The van der Waals surface area contributed by atoms with Crippen LogP contribution >= 0.6 is 50.7 Å². The Hall–Kier alpha value is -3.00. The topological polar surface area (TPSA) is 80.2 Å². The number of hydrogen-bond acceptors (Lipinski definition) is 6. The van der Waals surface area contributed by atoms with Gasteiger partial charge < -0.3 is 29.7 Å². The maximum atomic E-state index is 14.6. The van der Waals surface area contributed by atoms with Gasteiger partial charge in [-0.3, -0.25) is 0 Å². The van der Waals surface area contributed by atoms with Crippen LogP contribution in [0, 0.1) is 18.2 Å². The van der Waals surface area contributed by atoms with Gasteiger partial charge in [-0.2, -0.15) is 0 Å². The summed E-state index contributed by atoms with van der Waals surface area (Å²) < 4.78 is 32.7. The molecule has 0 saturated carbocycles. The van der Waals surface area contributed by atoms with Crippen LogP contribution in [0.4, 0.5) is 4.39 Å². The molecule has 4 rings (SSSR count). The van der Waals surface area contributed by atoms with E-state index in [1.54, 1.807) is 25.1 Å². The zero-order valence-corrected chi connectivity index (χ0v) is 29.4. The van der Waals surface area contributed by atoms with Crippen molar-refractivity contribution in [1.29, 1.82) is 0 Å². The smallest absolute Gasteiger partial charge is 0.142 e. The number of terminal acetylenes is 1. The highest BCUT2D eigenvalue weighted by Crippen LogP contribution is 2.40. The molecule has 4 aromatic carbocycles. The number of ether oxygens (including phenoxy) is 3. The van der Waals surface area contributed by atoms with Crippen molar-refractivity contribution in [3.05, 3.63) is 110 Å². The zero-order chi connectivity index (χ0) is 34.0. The Balaban J connectivity index is 1.60. The van der Waals surface area contributed by atoms with Crippen molar-refractivity contribution >= 4 is 50.7 Å². The van der Waals surface area contributed by atoms with Crippen LogP contribution in [0.5, 0.6) is 17.2 Å². The van der Waals surface area contributed by atoms with E-state index < -0.39 is 11.4 Å². The number of rotatable bonds is 16. The predicted molar refractivity (Wildman–Crippen MR) is 190 cm³/mol. The normalized spacial score (nSPS) is 11.3. The summed E-state index contributed by atoms with van der Waals surface area (Å²) in [6.07, 6.45) is 6.33. The summed E-state index contributed by atoms with van der Waals surface area (Å²) in [5.41, 5.74) is 2.54. The Morgan fingerprint density at radius 3 is 2.21 bits per heavy atom. The van der Waals surface area contributed by atoms with Gasteiger partial charge >= 0.3 is 0 Å². The molecule has 6 nitrogen and oxygen atoms in total. The van der Waals surface area contributed by atoms with Gasteiger partial charge in [0.2, 0.25) is 0 Å². The lowest BCUT2D eigenvalue weighted by molar-refractivity contribution is 0.103. The summed E-state index contributed by atoms with van der Waals surface area (Å²) in [5, 5.41) is 24.6. The molecule has 0 atom stereocenters. The van der Waals surface area contributed by atoms with Crippen molar-refractivity contribution in [2.75, 3.05) is 25.2 Å². The highest BCUT2D eigenvalue weighted by molar-refractivity contribution is 9.09. The van der Waals surface area contributed by atoms with Crippen LogP contribution in [0.1, 0.15) is 35.6 Å². The SMILES string of the molecule is C#Cc1ccc(F)c(COc2cc(OCc3cccc(-c4cccc(OCCCBr)c4Cl)c3Cl)c(Cl)cc2CNC(C)(CO)CO)c1. The lowest BCUT2D eigenvalue weighted by atomic mass is 10.0. The van der Waals surface area contributed by atoms with E-state index in [0.717, 1.165) is 17.3 Å². The fourth-order valence-electron chi connectivity index (χ4n) is 4.48. The molecule has 0 radical (unpaired) electrons. The highest BCUT2D eigenvalue weighted by atomic mass is 79.9. The first-order valence-electron chi connectivity index (χ1n) is 14.7. The van der Waals surface area contributed by atoms with E-state index in [-0.39, 0.29) is 43.6 Å². The first-order valence-corrected chi connectivity index (χ1v) is 16.9. The summed E-state index contributed by atoms with van der Waals surface area (Å²) in [5.74, 6) is 3.25. The molecule has 11 heteroatoms. The number of alkyl halides is 1. The molecule has 0 fully saturated rings. The Bertz CT molecular complexity index is 1730. The molecule has 248 valence electrons. The maximum absolute atomic E-state index is 14.6. The van der Waals surface area contributed by atoms with E-state index in [0.29, 0.717) is 56.2 Å². The second-order valence-corrected chi connectivity index (χ2v) is 12.9. The fourth-order valence-corrected chi connectivity index (χ4v) is 5.52. The second kappa shape index (κ2) is 17.4. The lowest BCUT2D eigenvalue weighted by Crippen LogP contribution is -2.48. The second-order valence-electron chi connectivity index (χ2n) is 10.9. The van der Waals surface area contributed by atoms with Crippen LogP contribution < -0.4 is 19.5 Å². The van der Waals surface area contributed by atoms with E-state index in [4.69, 9.17) is 55.4 Å². The van der Waals surface area contributed by atoms with E-state index in [1.807, 2.05) is 36.4 Å². The third-order valence-corrected chi connectivity index (χ3v) is 9.06. The van der Waals surface area contributed by atoms with Gasteiger partial charge in [-0.05, 0) is 43.7 Å². The molecule has 0 saturated heterocycles. The van der Waals surface area contributed by atoms with Crippen LogP contribution in [0.15, 0.2) is 66.7 Å². The van der Waals surface area contributed by atoms with E-state index >= 15 is 0 Å². The number of nitrogens with one attached hydrogen (secondary N) is 1. The van der Waals surface area contributed by atoms with Gasteiger partial charge in [-0.1, -0.05) is 87.0 Å². The van der Waals surface area contributed by atoms with Crippen molar-refractivity contribution < 1.29 is 28.8 Å². The number of aliphatic hydroxyl groups is 2. The van der Waals surface area contributed by atoms with Gasteiger partial charge in [0.1, 0.15) is 36.3 Å². The van der Waals surface area contributed by atoms with Crippen molar-refractivity contribution in [1.82, 2.24) is 5.32 Å². The quantitative estimate of drug-likeness (QED) is 0.0603. The molecule has 0 heterocycles. The van der Waals surface area contributed by atoms with Gasteiger partial charge in [0.05, 0.1) is 40.4 Å². The van der Waals surface area contributed by atoms with Crippen molar-refractivity contribution in [2.45, 2.75) is 38.6 Å². The highest BCUT2D eigenvalue weighted by Gasteiger charge is 2.23. The van der Waals surface area contributed by atoms with E-state index in [9.17, 15) is 14.6 Å². The maximum Gasteiger partial charge on any atom is 0.142 e. The minimum atomic E-state index is -0.962. The summed E-state index contributed by atoms with van der Waals surface area (Å²) in [6, 6.07) is 18.7. The van der Waals surface area contributed by atoms with Crippen LogP contribution in [-0.2, 0) is 19.8 Å². The molecular formula is C36H34BrCl3FNO5.